The Morgan fingerprint density at radius 3 is 2.95 bits per heavy atom. The smallest absolute Gasteiger partial charge is 0.270 e. The molecule has 0 saturated carbocycles. The van der Waals surface area contributed by atoms with Crippen LogP contribution >= 0.6 is 11.3 Å². The molecule has 3 aromatic rings. The zero-order valence-electron chi connectivity index (χ0n) is 12.1. The van der Waals surface area contributed by atoms with Crippen LogP contribution in [-0.2, 0) is 6.42 Å². The monoisotopic (exact) mass is 309 g/mol. The summed E-state index contributed by atoms with van der Waals surface area (Å²) in [7, 11) is 0. The van der Waals surface area contributed by atoms with E-state index in [9.17, 15) is 4.79 Å². The van der Waals surface area contributed by atoms with E-state index in [2.05, 4.69) is 18.0 Å². The van der Waals surface area contributed by atoms with Crippen molar-refractivity contribution in [2.75, 3.05) is 10.6 Å². The van der Waals surface area contributed by atoms with Gasteiger partial charge in [-0.1, -0.05) is 18.2 Å². The van der Waals surface area contributed by atoms with E-state index in [4.69, 9.17) is 5.73 Å². The van der Waals surface area contributed by atoms with Crippen LogP contribution in [0.2, 0.25) is 0 Å². The molecular formula is C17H15N3OS. The van der Waals surface area contributed by atoms with Gasteiger partial charge in [0.25, 0.3) is 5.91 Å². The fourth-order valence-electron chi connectivity index (χ4n) is 3.09. The van der Waals surface area contributed by atoms with Gasteiger partial charge in [-0.05, 0) is 37.1 Å². The van der Waals surface area contributed by atoms with E-state index in [-0.39, 0.29) is 11.9 Å². The van der Waals surface area contributed by atoms with Gasteiger partial charge >= 0.3 is 0 Å². The maximum absolute atomic E-state index is 13.0. The molecule has 1 amide bonds. The van der Waals surface area contributed by atoms with Crippen molar-refractivity contribution in [3.05, 3.63) is 53.0 Å². The maximum atomic E-state index is 13.0. The first-order valence-corrected chi connectivity index (χ1v) is 8.03. The highest BCUT2D eigenvalue weighted by Gasteiger charge is 2.33. The molecule has 1 atom stereocenters. The first kappa shape index (κ1) is 13.3. The molecule has 1 aromatic carbocycles. The second-order valence-corrected chi connectivity index (χ2v) is 6.56. The van der Waals surface area contributed by atoms with Gasteiger partial charge in [0.2, 0.25) is 0 Å². The van der Waals surface area contributed by atoms with Gasteiger partial charge in [-0.3, -0.25) is 4.79 Å². The Morgan fingerprint density at radius 1 is 1.32 bits per heavy atom. The predicted molar refractivity (Wildman–Crippen MR) is 90.4 cm³/mol. The van der Waals surface area contributed by atoms with Gasteiger partial charge in [0, 0.05) is 23.3 Å². The van der Waals surface area contributed by atoms with Crippen molar-refractivity contribution in [1.29, 1.82) is 0 Å². The summed E-state index contributed by atoms with van der Waals surface area (Å²) in [6.07, 6.45) is 2.60. The Labute approximate surface area is 132 Å². The molecule has 0 fully saturated rings. The summed E-state index contributed by atoms with van der Waals surface area (Å²) >= 11 is 1.37. The molecule has 0 aliphatic carbocycles. The molecule has 110 valence electrons. The van der Waals surface area contributed by atoms with Gasteiger partial charge in [-0.2, -0.15) is 0 Å². The van der Waals surface area contributed by atoms with Crippen LogP contribution in [0, 0.1) is 0 Å². The predicted octanol–water partition coefficient (Wildman–Crippen LogP) is 3.47. The summed E-state index contributed by atoms with van der Waals surface area (Å²) in [6.45, 7) is 2.07. The van der Waals surface area contributed by atoms with Crippen LogP contribution in [0.3, 0.4) is 0 Å². The normalized spacial score (nSPS) is 17.0. The summed E-state index contributed by atoms with van der Waals surface area (Å²) in [5.41, 5.74) is 8.93. The number of carbonyl (C=O) groups is 1. The molecule has 22 heavy (non-hydrogen) atoms. The molecule has 0 saturated heterocycles. The fourth-order valence-corrected chi connectivity index (χ4v) is 4.09. The van der Waals surface area contributed by atoms with Gasteiger partial charge in [0.05, 0.1) is 5.69 Å². The van der Waals surface area contributed by atoms with Gasteiger partial charge in [0.15, 0.2) is 0 Å². The van der Waals surface area contributed by atoms with Crippen LogP contribution in [0.4, 0.5) is 11.4 Å². The number of rotatable bonds is 1. The largest absolute Gasteiger partial charge is 0.397 e. The van der Waals surface area contributed by atoms with Crippen LogP contribution in [-0.4, -0.2) is 16.9 Å². The number of fused-ring (bicyclic) bond motifs is 2. The Kier molecular flexibility index (Phi) is 2.90. The van der Waals surface area contributed by atoms with Crippen LogP contribution in [0.25, 0.3) is 10.2 Å². The molecule has 3 heterocycles. The molecular weight excluding hydrogens is 294 g/mol. The Hall–Kier alpha value is -2.40. The molecule has 4 rings (SSSR count). The lowest BCUT2D eigenvalue weighted by Gasteiger charge is -2.22. The van der Waals surface area contributed by atoms with E-state index in [1.54, 1.807) is 6.20 Å². The van der Waals surface area contributed by atoms with Crippen molar-refractivity contribution >= 4 is 38.8 Å². The highest BCUT2D eigenvalue weighted by Crippen LogP contribution is 2.38. The number of carbonyl (C=O) groups excluding carboxylic acids is 1. The molecule has 4 nitrogen and oxygen atoms in total. The van der Waals surface area contributed by atoms with Gasteiger partial charge < -0.3 is 10.6 Å². The topological polar surface area (TPSA) is 59.2 Å². The van der Waals surface area contributed by atoms with E-state index < -0.39 is 0 Å². The first-order chi connectivity index (χ1) is 10.7. The number of benzene rings is 1. The molecule has 0 spiro atoms. The minimum atomic E-state index is -0.0297. The summed E-state index contributed by atoms with van der Waals surface area (Å²) < 4.78 is 0. The molecule has 0 bridgehead atoms. The Bertz CT molecular complexity index is 886. The number of thiophene rings is 1. The maximum Gasteiger partial charge on any atom is 0.270 e. The number of hydrogen-bond donors (Lipinski definition) is 1. The summed E-state index contributed by atoms with van der Waals surface area (Å²) in [5, 5.41) is 0.857. The number of anilines is 2. The number of aromatic nitrogens is 1. The highest BCUT2D eigenvalue weighted by atomic mass is 32.1. The van der Waals surface area contributed by atoms with Crippen molar-refractivity contribution in [2.45, 2.75) is 19.4 Å². The molecule has 2 aromatic heterocycles. The molecule has 5 heteroatoms. The third-order valence-electron chi connectivity index (χ3n) is 4.12. The summed E-state index contributed by atoms with van der Waals surface area (Å²) in [6, 6.07) is 11.9. The average molecular weight is 309 g/mol. The number of pyridine rings is 1. The second kappa shape index (κ2) is 4.81. The van der Waals surface area contributed by atoms with Crippen molar-refractivity contribution in [1.82, 2.24) is 4.98 Å². The van der Waals surface area contributed by atoms with Gasteiger partial charge in [0.1, 0.15) is 9.71 Å². The lowest BCUT2D eigenvalue weighted by molar-refractivity contribution is 0.0986. The van der Waals surface area contributed by atoms with E-state index >= 15 is 0 Å². The van der Waals surface area contributed by atoms with Crippen LogP contribution in [0.5, 0.6) is 0 Å². The highest BCUT2D eigenvalue weighted by molar-refractivity contribution is 7.21. The zero-order chi connectivity index (χ0) is 15.3. The quantitative estimate of drug-likeness (QED) is 0.749. The molecule has 1 aliphatic rings. The Morgan fingerprint density at radius 2 is 2.14 bits per heavy atom. The number of amides is 1. The standard InChI is InChI=1S/C17H15N3OS/c1-10-9-11-5-2-3-7-13(11)20(10)17(21)15-14(18)12-6-4-8-19-16(12)22-15/h2-8,10H,9,18H2,1H3/t10-/m0/s1. The zero-order valence-corrected chi connectivity index (χ0v) is 12.9. The summed E-state index contributed by atoms with van der Waals surface area (Å²) in [4.78, 5) is 20.6. The SMILES string of the molecule is C[C@H]1Cc2ccccc2N1C(=O)c1sc2ncccc2c1N. The first-order valence-electron chi connectivity index (χ1n) is 7.21. The van der Waals surface area contributed by atoms with Crippen molar-refractivity contribution in [2.24, 2.45) is 0 Å². The Balaban J connectivity index is 1.82. The van der Waals surface area contributed by atoms with Crippen molar-refractivity contribution in [3.8, 4) is 0 Å². The van der Waals surface area contributed by atoms with Crippen LogP contribution in [0.1, 0.15) is 22.2 Å². The lowest BCUT2D eigenvalue weighted by atomic mass is 10.1. The number of nitrogens with two attached hydrogens (primary N) is 1. The number of hydrogen-bond acceptors (Lipinski definition) is 4. The van der Waals surface area contributed by atoms with E-state index in [0.29, 0.717) is 10.6 Å². The fraction of sp³-hybridized carbons (Fsp3) is 0.176. The van der Waals surface area contributed by atoms with Crippen LogP contribution < -0.4 is 10.6 Å². The van der Waals surface area contributed by atoms with E-state index in [1.165, 1.54) is 16.9 Å². The molecule has 0 unspecified atom stereocenters. The number of nitrogen functional groups attached to an aromatic ring is 1. The van der Waals surface area contributed by atoms with E-state index in [0.717, 1.165) is 22.3 Å². The van der Waals surface area contributed by atoms with Gasteiger partial charge in [-0.15, -0.1) is 11.3 Å². The minimum Gasteiger partial charge on any atom is -0.397 e. The third kappa shape index (κ3) is 1.82. The molecule has 1 aliphatic heterocycles. The lowest BCUT2D eigenvalue weighted by Crippen LogP contribution is -2.35. The number of nitrogens with zero attached hydrogens (tertiary/aromatic N) is 2. The second-order valence-electron chi connectivity index (χ2n) is 5.56. The van der Waals surface area contributed by atoms with Crippen molar-refractivity contribution in [3.63, 3.8) is 0 Å². The minimum absolute atomic E-state index is 0.0297. The van der Waals surface area contributed by atoms with Crippen molar-refractivity contribution < 1.29 is 4.79 Å². The summed E-state index contributed by atoms with van der Waals surface area (Å²) in [5.74, 6) is -0.0297. The molecule has 2 N–H and O–H groups in total. The average Bonchev–Trinajstić information content (AvgIpc) is 3.04. The van der Waals surface area contributed by atoms with E-state index in [1.807, 2.05) is 35.2 Å². The van der Waals surface area contributed by atoms with Crippen LogP contribution in [0.15, 0.2) is 42.6 Å². The van der Waals surface area contributed by atoms with Gasteiger partial charge in [-0.25, -0.2) is 4.98 Å². The molecule has 0 radical (unpaired) electrons. The third-order valence-corrected chi connectivity index (χ3v) is 5.24. The number of para-hydroxylation sites is 1.